The third-order valence-corrected chi connectivity index (χ3v) is 2.87. The molecule has 76 valence electrons. The molecule has 0 saturated carbocycles. The van der Waals surface area contributed by atoms with Crippen molar-refractivity contribution >= 4 is 0 Å². The highest BCUT2D eigenvalue weighted by atomic mass is 16.5. The molecule has 2 heteroatoms. The van der Waals surface area contributed by atoms with Crippen LogP contribution < -0.4 is 5.32 Å². The molecule has 0 fully saturated rings. The molecule has 0 radical (unpaired) electrons. The van der Waals surface area contributed by atoms with Crippen molar-refractivity contribution in [3.05, 3.63) is 11.8 Å². The topological polar surface area (TPSA) is 21.3 Å². The largest absolute Gasteiger partial charge is 0.496 e. The van der Waals surface area contributed by atoms with E-state index in [0.717, 1.165) is 18.8 Å². The van der Waals surface area contributed by atoms with E-state index in [2.05, 4.69) is 25.2 Å². The summed E-state index contributed by atoms with van der Waals surface area (Å²) in [6.07, 6.45) is 5.72. The molecule has 0 spiro atoms. The van der Waals surface area contributed by atoms with Gasteiger partial charge >= 0.3 is 0 Å². The summed E-state index contributed by atoms with van der Waals surface area (Å²) in [6, 6.07) is 0.428. The first-order valence-electron chi connectivity index (χ1n) is 5.33. The quantitative estimate of drug-likeness (QED) is 0.706. The third-order valence-electron chi connectivity index (χ3n) is 2.87. The molecule has 0 aromatic carbocycles. The van der Waals surface area contributed by atoms with E-state index < -0.39 is 0 Å². The average molecular weight is 183 g/mol. The molecule has 0 aromatic heterocycles. The fourth-order valence-electron chi connectivity index (χ4n) is 2.02. The van der Waals surface area contributed by atoms with Crippen LogP contribution in [0.15, 0.2) is 11.8 Å². The Hall–Kier alpha value is -0.500. The van der Waals surface area contributed by atoms with Gasteiger partial charge < -0.3 is 10.1 Å². The lowest BCUT2D eigenvalue weighted by Gasteiger charge is -2.25. The van der Waals surface area contributed by atoms with Crippen molar-refractivity contribution < 1.29 is 4.74 Å². The highest BCUT2D eigenvalue weighted by molar-refractivity contribution is 5.08. The van der Waals surface area contributed by atoms with Gasteiger partial charge in [0.2, 0.25) is 0 Å². The molecular formula is C11H21NO. The van der Waals surface area contributed by atoms with Crippen LogP contribution in [0.3, 0.4) is 0 Å². The predicted molar refractivity (Wildman–Crippen MR) is 55.6 cm³/mol. The van der Waals surface area contributed by atoms with Crippen LogP contribution in [0.25, 0.3) is 0 Å². The summed E-state index contributed by atoms with van der Waals surface area (Å²) in [5.74, 6) is 1.87. The Morgan fingerprint density at radius 2 is 2.15 bits per heavy atom. The minimum absolute atomic E-state index is 0.428. The van der Waals surface area contributed by atoms with Crippen molar-refractivity contribution in [1.29, 1.82) is 0 Å². The Morgan fingerprint density at radius 3 is 2.54 bits per heavy atom. The van der Waals surface area contributed by atoms with Gasteiger partial charge in [-0.25, -0.2) is 0 Å². The number of hydrogen-bond acceptors (Lipinski definition) is 2. The predicted octanol–water partition coefficient (Wildman–Crippen LogP) is 2.31. The van der Waals surface area contributed by atoms with Crippen molar-refractivity contribution in [1.82, 2.24) is 5.32 Å². The van der Waals surface area contributed by atoms with E-state index in [0.29, 0.717) is 12.0 Å². The van der Waals surface area contributed by atoms with Crippen molar-refractivity contribution in [2.75, 3.05) is 13.7 Å². The van der Waals surface area contributed by atoms with E-state index in [1.807, 2.05) is 7.05 Å². The summed E-state index contributed by atoms with van der Waals surface area (Å²) in [6.45, 7) is 5.36. The van der Waals surface area contributed by atoms with Gasteiger partial charge in [-0.05, 0) is 19.0 Å². The van der Waals surface area contributed by atoms with Gasteiger partial charge in [-0.1, -0.05) is 26.7 Å². The van der Waals surface area contributed by atoms with E-state index in [-0.39, 0.29) is 0 Å². The lowest BCUT2D eigenvalue weighted by molar-refractivity contribution is 0.192. The third kappa shape index (κ3) is 2.47. The minimum atomic E-state index is 0.428. The number of hydrogen-bond donors (Lipinski definition) is 1. The SMILES string of the molecule is CCC(CC)C(NC)C1=CCCO1. The molecule has 0 aromatic rings. The maximum Gasteiger partial charge on any atom is 0.109 e. The molecule has 2 nitrogen and oxygen atoms in total. The zero-order valence-electron chi connectivity index (χ0n) is 8.97. The Labute approximate surface area is 81.4 Å². The lowest BCUT2D eigenvalue weighted by Crippen LogP contribution is -2.35. The van der Waals surface area contributed by atoms with Crippen LogP contribution in [-0.2, 0) is 4.74 Å². The first-order chi connectivity index (χ1) is 6.33. The first kappa shape index (κ1) is 10.6. The van der Waals surface area contributed by atoms with Gasteiger partial charge in [0.25, 0.3) is 0 Å². The van der Waals surface area contributed by atoms with Gasteiger partial charge in [0.1, 0.15) is 5.76 Å². The zero-order valence-corrected chi connectivity index (χ0v) is 8.97. The van der Waals surface area contributed by atoms with Crippen LogP contribution in [0.5, 0.6) is 0 Å². The second kappa shape index (κ2) is 5.28. The van der Waals surface area contributed by atoms with Crippen LogP contribution in [-0.4, -0.2) is 19.7 Å². The van der Waals surface area contributed by atoms with Gasteiger partial charge in [-0.15, -0.1) is 0 Å². The van der Waals surface area contributed by atoms with Gasteiger partial charge in [0, 0.05) is 6.42 Å². The number of nitrogens with one attached hydrogen (secondary N) is 1. The number of rotatable bonds is 5. The zero-order chi connectivity index (χ0) is 9.68. The fraction of sp³-hybridized carbons (Fsp3) is 0.818. The summed E-state index contributed by atoms with van der Waals surface area (Å²) in [5, 5.41) is 3.35. The van der Waals surface area contributed by atoms with Crippen molar-refractivity contribution in [2.45, 2.75) is 39.2 Å². The van der Waals surface area contributed by atoms with E-state index >= 15 is 0 Å². The molecule has 0 amide bonds. The summed E-state index contributed by atoms with van der Waals surface area (Å²) in [7, 11) is 2.02. The highest BCUT2D eigenvalue weighted by Gasteiger charge is 2.23. The molecule has 0 bridgehead atoms. The van der Waals surface area contributed by atoms with Gasteiger partial charge in [0.05, 0.1) is 12.6 Å². The fourth-order valence-corrected chi connectivity index (χ4v) is 2.02. The monoisotopic (exact) mass is 183 g/mol. The second-order valence-electron chi connectivity index (χ2n) is 3.59. The Morgan fingerprint density at radius 1 is 1.46 bits per heavy atom. The van der Waals surface area contributed by atoms with Crippen LogP contribution in [0.4, 0.5) is 0 Å². The van der Waals surface area contributed by atoms with E-state index in [1.165, 1.54) is 12.8 Å². The maximum absolute atomic E-state index is 5.59. The van der Waals surface area contributed by atoms with E-state index in [1.54, 1.807) is 0 Å². The van der Waals surface area contributed by atoms with Crippen molar-refractivity contribution in [3.63, 3.8) is 0 Å². The normalized spacial score (nSPS) is 18.6. The second-order valence-corrected chi connectivity index (χ2v) is 3.59. The Bertz CT molecular complexity index is 173. The van der Waals surface area contributed by atoms with Gasteiger partial charge in [0.15, 0.2) is 0 Å². The minimum Gasteiger partial charge on any atom is -0.496 e. The van der Waals surface area contributed by atoms with E-state index in [4.69, 9.17) is 4.74 Å². The molecule has 1 aliphatic rings. The van der Waals surface area contributed by atoms with Crippen LogP contribution in [0, 0.1) is 5.92 Å². The molecule has 1 atom stereocenters. The summed E-state index contributed by atoms with van der Waals surface area (Å²) >= 11 is 0. The Balaban J connectivity index is 2.59. The lowest BCUT2D eigenvalue weighted by atomic mass is 9.93. The van der Waals surface area contributed by atoms with Crippen LogP contribution in [0.2, 0.25) is 0 Å². The maximum atomic E-state index is 5.59. The van der Waals surface area contributed by atoms with E-state index in [9.17, 15) is 0 Å². The molecule has 1 heterocycles. The molecule has 1 rings (SSSR count). The average Bonchev–Trinajstić information content (AvgIpc) is 2.66. The molecule has 1 aliphatic heterocycles. The van der Waals surface area contributed by atoms with Crippen LogP contribution in [0.1, 0.15) is 33.1 Å². The smallest absolute Gasteiger partial charge is 0.109 e. The molecule has 0 saturated heterocycles. The molecule has 1 unspecified atom stereocenters. The number of ether oxygens (including phenoxy) is 1. The standard InChI is InChI=1S/C11H21NO/c1-4-9(5-2)11(12-3)10-7-6-8-13-10/h7,9,11-12H,4-6,8H2,1-3H3. The summed E-state index contributed by atoms with van der Waals surface area (Å²) in [4.78, 5) is 0. The summed E-state index contributed by atoms with van der Waals surface area (Å²) in [5.41, 5.74) is 0. The molecular weight excluding hydrogens is 162 g/mol. The molecule has 1 N–H and O–H groups in total. The first-order valence-corrected chi connectivity index (χ1v) is 5.33. The number of likely N-dealkylation sites (N-methyl/N-ethyl adjacent to an activating group) is 1. The molecule has 13 heavy (non-hydrogen) atoms. The van der Waals surface area contributed by atoms with Crippen molar-refractivity contribution in [2.24, 2.45) is 5.92 Å². The molecule has 0 aliphatic carbocycles. The van der Waals surface area contributed by atoms with Crippen molar-refractivity contribution in [3.8, 4) is 0 Å². The van der Waals surface area contributed by atoms with Gasteiger partial charge in [-0.3, -0.25) is 0 Å². The van der Waals surface area contributed by atoms with Gasteiger partial charge in [-0.2, -0.15) is 0 Å². The van der Waals surface area contributed by atoms with Crippen LogP contribution >= 0.6 is 0 Å². The summed E-state index contributed by atoms with van der Waals surface area (Å²) < 4.78 is 5.59. The Kier molecular flexibility index (Phi) is 4.29. The highest BCUT2D eigenvalue weighted by Crippen LogP contribution is 2.23.